The van der Waals surface area contributed by atoms with Gasteiger partial charge < -0.3 is 5.11 Å². The molecule has 0 spiro atoms. The van der Waals surface area contributed by atoms with Crippen LogP contribution in [0.3, 0.4) is 0 Å². The zero-order chi connectivity index (χ0) is 11.5. The van der Waals surface area contributed by atoms with Gasteiger partial charge >= 0.3 is 5.97 Å². The van der Waals surface area contributed by atoms with Gasteiger partial charge in [-0.25, -0.2) is 9.48 Å². The van der Waals surface area contributed by atoms with E-state index in [0.717, 1.165) is 31.9 Å². The number of rotatable bonds is 2. The highest BCUT2D eigenvalue weighted by Crippen LogP contribution is 2.27. The molecule has 1 N–H and O–H groups in total. The summed E-state index contributed by atoms with van der Waals surface area (Å²) in [6.45, 7) is 0. The van der Waals surface area contributed by atoms with Crippen LogP contribution in [0.4, 0.5) is 4.39 Å². The van der Waals surface area contributed by atoms with Gasteiger partial charge in [0.2, 0.25) is 5.95 Å². The van der Waals surface area contributed by atoms with Crippen LogP contribution < -0.4 is 0 Å². The molecule has 88 valence electrons. The normalized spacial score (nSPS) is 18.3. The van der Waals surface area contributed by atoms with E-state index in [4.69, 9.17) is 5.11 Å². The molecule has 1 aliphatic carbocycles. The van der Waals surface area contributed by atoms with Gasteiger partial charge in [-0.2, -0.15) is 9.49 Å². The fourth-order valence-electron chi connectivity index (χ4n) is 2.25. The van der Waals surface area contributed by atoms with E-state index in [9.17, 15) is 9.18 Å². The maximum absolute atomic E-state index is 13.7. The molecule has 16 heavy (non-hydrogen) atoms. The zero-order valence-corrected chi connectivity index (χ0v) is 9.03. The van der Waals surface area contributed by atoms with E-state index in [1.807, 2.05) is 0 Å². The first kappa shape index (κ1) is 11.1. The minimum Gasteiger partial charge on any atom is -0.477 e. The van der Waals surface area contributed by atoms with Gasteiger partial charge in [0.25, 0.3) is 0 Å². The van der Waals surface area contributed by atoms with Crippen molar-refractivity contribution in [2.75, 3.05) is 0 Å². The maximum atomic E-state index is 13.7. The van der Waals surface area contributed by atoms with Crippen molar-refractivity contribution in [1.82, 2.24) is 9.78 Å². The average Bonchev–Trinajstić information content (AvgIpc) is 2.50. The molecule has 4 nitrogen and oxygen atoms in total. The third-order valence-corrected chi connectivity index (χ3v) is 3.14. The minimum absolute atomic E-state index is 0.0237. The molecule has 2 rings (SSSR count). The van der Waals surface area contributed by atoms with Crippen LogP contribution in [0.5, 0.6) is 0 Å². The van der Waals surface area contributed by atoms with Crippen LogP contribution in [0.15, 0.2) is 6.20 Å². The van der Waals surface area contributed by atoms with Crippen molar-refractivity contribution in [2.24, 2.45) is 0 Å². The molecule has 0 aliphatic heterocycles. The Kier molecular flexibility index (Phi) is 3.22. The summed E-state index contributed by atoms with van der Waals surface area (Å²) in [6, 6.07) is 0.0237. The number of carboxylic acid groups (broad SMARTS) is 1. The summed E-state index contributed by atoms with van der Waals surface area (Å²) >= 11 is 0. The van der Waals surface area contributed by atoms with Gasteiger partial charge in [0, 0.05) is 0 Å². The Morgan fingerprint density at radius 2 is 2.00 bits per heavy atom. The van der Waals surface area contributed by atoms with E-state index in [1.54, 1.807) is 0 Å². The second kappa shape index (κ2) is 4.63. The number of nitrogens with zero attached hydrogens (tertiary/aromatic N) is 2. The first-order chi connectivity index (χ1) is 7.70. The van der Waals surface area contributed by atoms with Crippen LogP contribution in [0.2, 0.25) is 0 Å². The standard InChI is InChI=1S/C11H15FN2O2/c12-10-9(11(15)16)7-13-14(10)8-5-3-1-2-4-6-8/h7-8H,1-6H2,(H,15,16). The largest absolute Gasteiger partial charge is 0.477 e. The number of halogens is 1. The zero-order valence-electron chi connectivity index (χ0n) is 9.03. The molecule has 0 atom stereocenters. The van der Waals surface area contributed by atoms with E-state index in [1.165, 1.54) is 17.5 Å². The van der Waals surface area contributed by atoms with Crippen molar-refractivity contribution in [3.63, 3.8) is 0 Å². The van der Waals surface area contributed by atoms with Crippen LogP contribution in [0.1, 0.15) is 54.9 Å². The molecule has 1 aromatic heterocycles. The van der Waals surface area contributed by atoms with Crippen molar-refractivity contribution >= 4 is 5.97 Å². The van der Waals surface area contributed by atoms with Gasteiger partial charge in [-0.05, 0) is 12.8 Å². The highest BCUT2D eigenvalue weighted by Gasteiger charge is 2.22. The summed E-state index contributed by atoms with van der Waals surface area (Å²) in [5.41, 5.74) is -0.329. The predicted octanol–water partition coefficient (Wildman–Crippen LogP) is 2.62. The Hall–Kier alpha value is -1.39. The summed E-state index contributed by atoms with van der Waals surface area (Å²) in [7, 11) is 0. The van der Waals surface area contributed by atoms with Crippen LogP contribution in [0.25, 0.3) is 0 Å². The highest BCUT2D eigenvalue weighted by molar-refractivity contribution is 5.87. The van der Waals surface area contributed by atoms with E-state index in [2.05, 4.69) is 5.10 Å². The average molecular weight is 226 g/mol. The quantitative estimate of drug-likeness (QED) is 0.788. The molecular formula is C11H15FN2O2. The second-order valence-corrected chi connectivity index (χ2v) is 4.24. The van der Waals surface area contributed by atoms with Gasteiger partial charge in [0.15, 0.2) is 0 Å². The molecule has 0 bridgehead atoms. The maximum Gasteiger partial charge on any atom is 0.342 e. The fourth-order valence-corrected chi connectivity index (χ4v) is 2.25. The third-order valence-electron chi connectivity index (χ3n) is 3.14. The minimum atomic E-state index is -1.25. The van der Waals surface area contributed by atoms with Gasteiger partial charge in [-0.1, -0.05) is 25.7 Å². The lowest BCUT2D eigenvalue weighted by atomic mass is 10.1. The van der Waals surface area contributed by atoms with Gasteiger partial charge in [0.1, 0.15) is 5.56 Å². The number of aromatic carboxylic acids is 1. The Morgan fingerprint density at radius 3 is 2.50 bits per heavy atom. The smallest absolute Gasteiger partial charge is 0.342 e. The van der Waals surface area contributed by atoms with Crippen LogP contribution >= 0.6 is 0 Å². The number of hydrogen-bond donors (Lipinski definition) is 1. The number of carboxylic acids is 1. The number of hydrogen-bond acceptors (Lipinski definition) is 2. The first-order valence-electron chi connectivity index (χ1n) is 5.66. The molecule has 1 heterocycles. The molecule has 0 amide bonds. The van der Waals surface area contributed by atoms with Crippen molar-refractivity contribution in [3.05, 3.63) is 17.7 Å². The van der Waals surface area contributed by atoms with Crippen LogP contribution in [-0.4, -0.2) is 20.9 Å². The van der Waals surface area contributed by atoms with Crippen LogP contribution in [-0.2, 0) is 0 Å². The van der Waals surface area contributed by atoms with E-state index >= 15 is 0 Å². The Bertz CT molecular complexity index is 381. The summed E-state index contributed by atoms with van der Waals surface area (Å²) in [4.78, 5) is 10.7. The lowest BCUT2D eigenvalue weighted by Crippen LogP contribution is -2.13. The Labute approximate surface area is 93.1 Å². The SMILES string of the molecule is O=C(O)c1cnn(C2CCCCCC2)c1F. The molecule has 1 fully saturated rings. The summed E-state index contributed by atoms with van der Waals surface area (Å²) in [5, 5.41) is 12.6. The van der Waals surface area contributed by atoms with Crippen molar-refractivity contribution < 1.29 is 14.3 Å². The van der Waals surface area contributed by atoms with E-state index < -0.39 is 11.9 Å². The molecule has 5 heteroatoms. The lowest BCUT2D eigenvalue weighted by molar-refractivity contribution is 0.0690. The lowest BCUT2D eigenvalue weighted by Gasteiger charge is -2.14. The molecule has 1 aromatic rings. The molecular weight excluding hydrogens is 211 g/mol. The van der Waals surface area contributed by atoms with E-state index in [0.29, 0.717) is 0 Å². The molecule has 1 saturated carbocycles. The summed E-state index contributed by atoms with van der Waals surface area (Å²) < 4.78 is 15.0. The number of aromatic nitrogens is 2. The molecule has 1 aliphatic rings. The summed E-state index contributed by atoms with van der Waals surface area (Å²) in [5.74, 6) is -1.96. The molecule has 0 unspecified atom stereocenters. The van der Waals surface area contributed by atoms with Crippen molar-refractivity contribution in [1.29, 1.82) is 0 Å². The van der Waals surface area contributed by atoms with Gasteiger partial charge in [0.05, 0.1) is 12.2 Å². The summed E-state index contributed by atoms with van der Waals surface area (Å²) in [6.07, 6.45) is 7.34. The third kappa shape index (κ3) is 2.08. The first-order valence-corrected chi connectivity index (χ1v) is 5.66. The highest BCUT2D eigenvalue weighted by atomic mass is 19.1. The Morgan fingerprint density at radius 1 is 1.38 bits per heavy atom. The van der Waals surface area contributed by atoms with Gasteiger partial charge in [-0.3, -0.25) is 0 Å². The Balaban J connectivity index is 2.22. The van der Waals surface area contributed by atoms with Crippen LogP contribution in [0, 0.1) is 5.95 Å². The topological polar surface area (TPSA) is 55.1 Å². The second-order valence-electron chi connectivity index (χ2n) is 4.24. The van der Waals surface area contributed by atoms with E-state index in [-0.39, 0.29) is 11.6 Å². The number of carbonyl (C=O) groups is 1. The molecule has 0 aromatic carbocycles. The van der Waals surface area contributed by atoms with Crippen molar-refractivity contribution in [2.45, 2.75) is 44.6 Å². The fraction of sp³-hybridized carbons (Fsp3) is 0.636. The van der Waals surface area contributed by atoms with Crippen molar-refractivity contribution in [3.8, 4) is 0 Å². The monoisotopic (exact) mass is 226 g/mol. The van der Waals surface area contributed by atoms with Gasteiger partial charge in [-0.15, -0.1) is 0 Å². The molecule has 0 radical (unpaired) electrons. The molecule has 0 saturated heterocycles. The predicted molar refractivity (Wildman–Crippen MR) is 55.9 cm³/mol.